The quantitative estimate of drug-likeness (QED) is 0.198. The third-order valence-electron chi connectivity index (χ3n) is 4.78. The summed E-state index contributed by atoms with van der Waals surface area (Å²) in [4.78, 5) is 22.9. The van der Waals surface area contributed by atoms with Gasteiger partial charge < -0.3 is 50.7 Å². The second-order valence-electron chi connectivity index (χ2n) is 7.00. The van der Waals surface area contributed by atoms with Crippen LogP contribution in [0.5, 0.6) is 0 Å². The predicted molar refractivity (Wildman–Crippen MR) is 98.3 cm³/mol. The lowest BCUT2D eigenvalue weighted by Crippen LogP contribution is -2.66. The summed E-state index contributed by atoms with van der Waals surface area (Å²) in [5.41, 5.74) is -1.06. The van der Waals surface area contributed by atoms with E-state index in [1.54, 1.807) is 0 Å². The molecule has 2 amide bonds. The van der Waals surface area contributed by atoms with Crippen molar-refractivity contribution in [3.05, 3.63) is 0 Å². The van der Waals surface area contributed by atoms with Gasteiger partial charge in [0.25, 0.3) is 0 Å². The van der Waals surface area contributed by atoms with Gasteiger partial charge in [-0.3, -0.25) is 9.59 Å². The van der Waals surface area contributed by atoms with Gasteiger partial charge in [0.05, 0.1) is 36.7 Å². The van der Waals surface area contributed by atoms with Crippen molar-refractivity contribution < 1.29 is 49.7 Å². The van der Waals surface area contributed by atoms with Crippen LogP contribution >= 0.6 is 11.8 Å². The number of aliphatic hydroxyl groups excluding tert-OH is 6. The first-order valence-corrected chi connectivity index (χ1v) is 9.99. The Morgan fingerprint density at radius 1 is 0.828 bits per heavy atom. The van der Waals surface area contributed by atoms with Crippen molar-refractivity contribution in [1.82, 2.24) is 10.6 Å². The van der Waals surface area contributed by atoms with Gasteiger partial charge in [-0.15, -0.1) is 11.8 Å². The lowest BCUT2D eigenvalue weighted by atomic mass is 9.98. The Balaban J connectivity index is 2.26. The molecule has 0 saturated carbocycles. The minimum atomic E-state index is -1.57. The molecule has 0 aromatic rings. The van der Waals surface area contributed by atoms with E-state index in [0.29, 0.717) is 0 Å². The lowest BCUT2D eigenvalue weighted by molar-refractivity contribution is -0.212. The van der Waals surface area contributed by atoms with Gasteiger partial charge in [-0.2, -0.15) is 0 Å². The standard InChI is InChI=1S/C16H28N2O10S/c1-5(21)17-9-13(25)14(8(4-20)27-15(9)26)29-16-10(18-6(2)22)12(24)11(23)7(3-19)28-16/h7-16,19-20,23-26H,3-4H2,1-2H3,(H,17,21)(H,18,22)/t7-,8-,9-,10-,11-,12-,13-,14-,15-,16+/m1/s1. The predicted octanol–water partition coefficient (Wildman–Crippen LogP) is -4.39. The van der Waals surface area contributed by atoms with Crippen LogP contribution in [0.4, 0.5) is 0 Å². The van der Waals surface area contributed by atoms with E-state index in [9.17, 15) is 40.2 Å². The van der Waals surface area contributed by atoms with Crippen LogP contribution in [-0.4, -0.2) is 115 Å². The normalized spacial score (nSPS) is 42.9. The first-order valence-electron chi connectivity index (χ1n) is 9.05. The molecular formula is C16H28N2O10S. The molecule has 168 valence electrons. The first kappa shape index (κ1) is 24.2. The maximum absolute atomic E-state index is 11.5. The van der Waals surface area contributed by atoms with Crippen LogP contribution in [0.15, 0.2) is 0 Å². The lowest BCUT2D eigenvalue weighted by Gasteiger charge is -2.47. The smallest absolute Gasteiger partial charge is 0.217 e. The van der Waals surface area contributed by atoms with Crippen LogP contribution in [-0.2, 0) is 19.1 Å². The number of aliphatic hydroxyl groups is 6. The molecule has 2 heterocycles. The summed E-state index contributed by atoms with van der Waals surface area (Å²) in [6.07, 6.45) is -8.12. The second-order valence-corrected chi connectivity index (χ2v) is 8.28. The number of hydrogen-bond donors (Lipinski definition) is 8. The number of rotatable bonds is 6. The zero-order chi connectivity index (χ0) is 21.9. The fourth-order valence-corrected chi connectivity index (χ4v) is 4.95. The minimum Gasteiger partial charge on any atom is -0.394 e. The molecule has 0 radical (unpaired) electrons. The number of nitrogens with one attached hydrogen (secondary N) is 2. The van der Waals surface area contributed by atoms with Gasteiger partial charge in [0.15, 0.2) is 6.29 Å². The van der Waals surface area contributed by atoms with Crippen LogP contribution in [0, 0.1) is 0 Å². The number of amides is 2. The third-order valence-corrected chi connectivity index (χ3v) is 6.35. The van der Waals surface area contributed by atoms with Gasteiger partial charge in [-0.1, -0.05) is 0 Å². The molecule has 0 unspecified atom stereocenters. The maximum atomic E-state index is 11.5. The SMILES string of the molecule is CC(=O)N[C@@H]1[C@@H](O)[C@H](S[C@@H]2O[C@H](CO)[C@@H](O)[C@H](O)[C@H]2NC(C)=O)[C@@H](CO)O[C@H]1O. The van der Waals surface area contributed by atoms with Crippen LogP contribution < -0.4 is 10.6 Å². The molecule has 0 aromatic carbocycles. The fraction of sp³-hybridized carbons (Fsp3) is 0.875. The number of thioether (sulfide) groups is 1. The molecule has 13 heteroatoms. The van der Waals surface area contributed by atoms with Crippen molar-refractivity contribution >= 4 is 23.6 Å². The Hall–Kier alpha value is -1.03. The second kappa shape index (κ2) is 10.3. The monoisotopic (exact) mass is 440 g/mol. The average Bonchev–Trinajstić information content (AvgIpc) is 2.65. The van der Waals surface area contributed by atoms with Gasteiger partial charge in [-0.25, -0.2) is 0 Å². The number of ether oxygens (including phenoxy) is 2. The number of hydrogen-bond acceptors (Lipinski definition) is 11. The first-order chi connectivity index (χ1) is 13.6. The summed E-state index contributed by atoms with van der Waals surface area (Å²) in [6, 6.07) is -2.30. The van der Waals surface area contributed by atoms with Crippen LogP contribution in [0.2, 0.25) is 0 Å². The molecular weight excluding hydrogens is 412 g/mol. The molecule has 10 atom stereocenters. The number of carbonyl (C=O) groups is 2. The van der Waals surface area contributed by atoms with E-state index in [2.05, 4.69) is 10.6 Å². The highest BCUT2D eigenvalue weighted by Crippen LogP contribution is 2.37. The molecule has 8 N–H and O–H groups in total. The van der Waals surface area contributed by atoms with Gasteiger partial charge >= 0.3 is 0 Å². The third kappa shape index (κ3) is 5.57. The molecule has 0 spiro atoms. The molecule has 2 aliphatic rings. The number of carbonyl (C=O) groups excluding carboxylic acids is 2. The van der Waals surface area contributed by atoms with Crippen LogP contribution in [0.25, 0.3) is 0 Å². The molecule has 2 aliphatic heterocycles. The molecule has 0 aromatic heterocycles. The van der Waals surface area contributed by atoms with E-state index < -0.39 is 84.6 Å². The van der Waals surface area contributed by atoms with Gasteiger partial charge in [-0.05, 0) is 0 Å². The largest absolute Gasteiger partial charge is 0.394 e. The van der Waals surface area contributed by atoms with E-state index in [0.717, 1.165) is 11.8 Å². The van der Waals surface area contributed by atoms with E-state index in [1.807, 2.05) is 0 Å². The van der Waals surface area contributed by atoms with Crippen LogP contribution in [0.1, 0.15) is 13.8 Å². The Morgan fingerprint density at radius 3 is 1.90 bits per heavy atom. The van der Waals surface area contributed by atoms with Gasteiger partial charge in [0.2, 0.25) is 11.8 Å². The van der Waals surface area contributed by atoms with Crippen molar-refractivity contribution in [2.75, 3.05) is 13.2 Å². The van der Waals surface area contributed by atoms with Crippen molar-refractivity contribution in [3.63, 3.8) is 0 Å². The van der Waals surface area contributed by atoms with Gasteiger partial charge in [0, 0.05) is 13.8 Å². The fourth-order valence-electron chi connectivity index (χ4n) is 3.38. The molecule has 0 bridgehead atoms. The summed E-state index contributed by atoms with van der Waals surface area (Å²) in [7, 11) is 0. The van der Waals surface area contributed by atoms with E-state index in [1.165, 1.54) is 13.8 Å². The summed E-state index contributed by atoms with van der Waals surface area (Å²) in [5, 5.41) is 64.1. The van der Waals surface area contributed by atoms with E-state index in [4.69, 9.17) is 9.47 Å². The molecule has 12 nitrogen and oxygen atoms in total. The Bertz CT molecular complexity index is 584. The Morgan fingerprint density at radius 2 is 1.38 bits per heavy atom. The van der Waals surface area contributed by atoms with Crippen molar-refractivity contribution in [3.8, 4) is 0 Å². The summed E-state index contributed by atoms with van der Waals surface area (Å²) < 4.78 is 10.9. The summed E-state index contributed by atoms with van der Waals surface area (Å²) in [6.45, 7) is 1.21. The molecule has 2 saturated heterocycles. The molecule has 2 fully saturated rings. The maximum Gasteiger partial charge on any atom is 0.217 e. The van der Waals surface area contributed by atoms with Crippen molar-refractivity contribution in [2.24, 2.45) is 0 Å². The molecule has 29 heavy (non-hydrogen) atoms. The topological polar surface area (TPSA) is 198 Å². The van der Waals surface area contributed by atoms with Crippen molar-refractivity contribution in [1.29, 1.82) is 0 Å². The zero-order valence-electron chi connectivity index (χ0n) is 15.9. The van der Waals surface area contributed by atoms with Gasteiger partial charge in [0.1, 0.15) is 29.8 Å². The van der Waals surface area contributed by atoms with E-state index >= 15 is 0 Å². The Labute approximate surface area is 171 Å². The highest BCUT2D eigenvalue weighted by Gasteiger charge is 2.50. The molecule has 2 rings (SSSR count). The Kier molecular flexibility index (Phi) is 8.63. The highest BCUT2D eigenvalue weighted by atomic mass is 32.2. The summed E-state index contributed by atoms with van der Waals surface area (Å²) in [5.74, 6) is -1.03. The minimum absolute atomic E-state index is 0.511. The molecule has 0 aliphatic carbocycles. The highest BCUT2D eigenvalue weighted by molar-refractivity contribution is 8.00. The van der Waals surface area contributed by atoms with Crippen molar-refractivity contribution in [2.45, 2.75) is 73.4 Å². The van der Waals surface area contributed by atoms with Crippen LogP contribution in [0.3, 0.4) is 0 Å². The summed E-state index contributed by atoms with van der Waals surface area (Å²) >= 11 is 0.874. The average molecular weight is 440 g/mol. The van der Waals surface area contributed by atoms with E-state index in [-0.39, 0.29) is 0 Å². The zero-order valence-corrected chi connectivity index (χ0v) is 16.7.